The van der Waals surface area contributed by atoms with Gasteiger partial charge in [-0.25, -0.2) is 4.98 Å². The van der Waals surface area contributed by atoms with Crippen molar-refractivity contribution in [3.8, 4) is 0 Å². The van der Waals surface area contributed by atoms with E-state index in [-0.39, 0.29) is 0 Å². The molecule has 1 aromatic heterocycles. The van der Waals surface area contributed by atoms with E-state index in [9.17, 15) is 0 Å². The monoisotopic (exact) mass is 210 g/mol. The summed E-state index contributed by atoms with van der Waals surface area (Å²) in [4.78, 5) is 4.24. The van der Waals surface area contributed by atoms with E-state index >= 15 is 0 Å². The lowest BCUT2D eigenvalue weighted by Gasteiger charge is -2.16. The molecule has 1 atom stereocenters. The van der Waals surface area contributed by atoms with Gasteiger partial charge in [0, 0.05) is 19.5 Å². The minimum atomic E-state index is 0.510. The van der Waals surface area contributed by atoms with E-state index in [2.05, 4.69) is 29.2 Å². The lowest BCUT2D eigenvalue weighted by atomic mass is 10.0. The van der Waals surface area contributed by atoms with E-state index in [0.29, 0.717) is 6.04 Å². The molecule has 0 bridgehead atoms. The average Bonchev–Trinajstić information content (AvgIpc) is 2.58. The van der Waals surface area contributed by atoms with E-state index < -0.39 is 0 Å². The summed E-state index contributed by atoms with van der Waals surface area (Å²) in [5.74, 6) is 1.82. The van der Waals surface area contributed by atoms with Crippen LogP contribution in [0, 0.1) is 5.92 Å². The molecule has 1 unspecified atom stereocenters. The third-order valence-electron chi connectivity index (χ3n) is 2.73. The first kappa shape index (κ1) is 12.2. The highest BCUT2D eigenvalue weighted by atomic mass is 15.3. The third kappa shape index (κ3) is 4.00. The molecule has 0 amide bonds. The van der Waals surface area contributed by atoms with Crippen LogP contribution < -0.4 is 5.32 Å². The normalized spacial score (nSPS) is 13.4. The van der Waals surface area contributed by atoms with Gasteiger partial charge in [-0.1, -0.05) is 13.8 Å². The van der Waals surface area contributed by atoms with Crippen molar-refractivity contribution in [3.63, 3.8) is 0 Å². The van der Waals surface area contributed by atoms with Gasteiger partial charge in [-0.15, -0.1) is 0 Å². The second kappa shape index (κ2) is 5.85. The van der Waals surface area contributed by atoms with Gasteiger partial charge in [-0.2, -0.15) is 5.10 Å². The van der Waals surface area contributed by atoms with Gasteiger partial charge in [0.2, 0.25) is 0 Å². The Labute approximate surface area is 92.1 Å². The number of hydrogen-bond donors (Lipinski definition) is 1. The van der Waals surface area contributed by atoms with Crippen LogP contribution in [0.2, 0.25) is 0 Å². The highest BCUT2D eigenvalue weighted by Gasteiger charge is 2.11. The minimum absolute atomic E-state index is 0.510. The number of hydrogen-bond acceptors (Lipinski definition) is 3. The van der Waals surface area contributed by atoms with Gasteiger partial charge in [0.05, 0.1) is 0 Å². The van der Waals surface area contributed by atoms with E-state index in [1.165, 1.54) is 12.8 Å². The molecule has 0 aromatic carbocycles. The first-order valence-corrected chi connectivity index (χ1v) is 5.63. The molecule has 0 radical (unpaired) electrons. The van der Waals surface area contributed by atoms with Gasteiger partial charge in [0.15, 0.2) is 0 Å². The molecule has 86 valence electrons. The van der Waals surface area contributed by atoms with Crippen LogP contribution in [-0.2, 0) is 13.5 Å². The molecule has 0 saturated carbocycles. The Morgan fingerprint density at radius 1 is 1.40 bits per heavy atom. The zero-order valence-electron chi connectivity index (χ0n) is 10.2. The standard InChI is InChI=1S/C11H22N4/c1-9(2)5-6-10(12-3)7-11-13-8-14-15(11)4/h8-10,12H,5-7H2,1-4H3. The smallest absolute Gasteiger partial charge is 0.138 e. The number of nitrogens with one attached hydrogen (secondary N) is 1. The zero-order valence-corrected chi connectivity index (χ0v) is 10.2. The largest absolute Gasteiger partial charge is 0.317 e. The van der Waals surface area contributed by atoms with Crippen LogP contribution in [0.25, 0.3) is 0 Å². The molecule has 0 fully saturated rings. The molecule has 0 spiro atoms. The molecular formula is C11H22N4. The molecule has 0 saturated heterocycles. The predicted molar refractivity (Wildman–Crippen MR) is 61.6 cm³/mol. The molecule has 1 heterocycles. The highest BCUT2D eigenvalue weighted by Crippen LogP contribution is 2.09. The van der Waals surface area contributed by atoms with Crippen molar-refractivity contribution in [2.75, 3.05) is 7.05 Å². The topological polar surface area (TPSA) is 42.7 Å². The number of nitrogens with zero attached hydrogens (tertiary/aromatic N) is 3. The second-order valence-electron chi connectivity index (χ2n) is 4.46. The molecule has 4 nitrogen and oxygen atoms in total. The van der Waals surface area contributed by atoms with Crippen LogP contribution in [0.3, 0.4) is 0 Å². The highest BCUT2D eigenvalue weighted by molar-refractivity contribution is 4.88. The summed E-state index contributed by atoms with van der Waals surface area (Å²) in [5.41, 5.74) is 0. The minimum Gasteiger partial charge on any atom is -0.317 e. The van der Waals surface area contributed by atoms with Gasteiger partial charge in [0.1, 0.15) is 12.2 Å². The lowest BCUT2D eigenvalue weighted by Crippen LogP contribution is -2.29. The van der Waals surface area contributed by atoms with Crippen LogP contribution in [0.15, 0.2) is 6.33 Å². The van der Waals surface area contributed by atoms with Crippen LogP contribution >= 0.6 is 0 Å². The van der Waals surface area contributed by atoms with Crippen molar-refractivity contribution in [1.29, 1.82) is 0 Å². The number of aryl methyl sites for hydroxylation is 1. The summed E-state index contributed by atoms with van der Waals surface area (Å²) >= 11 is 0. The summed E-state index contributed by atoms with van der Waals surface area (Å²) in [7, 11) is 3.96. The lowest BCUT2D eigenvalue weighted by molar-refractivity contribution is 0.440. The Kier molecular flexibility index (Phi) is 4.75. The fraction of sp³-hybridized carbons (Fsp3) is 0.818. The summed E-state index contributed by atoms with van der Waals surface area (Å²) in [6, 6.07) is 0.510. The van der Waals surface area contributed by atoms with Gasteiger partial charge in [-0.3, -0.25) is 4.68 Å². The van der Waals surface area contributed by atoms with Crippen LogP contribution in [-0.4, -0.2) is 27.9 Å². The number of aromatic nitrogens is 3. The van der Waals surface area contributed by atoms with Gasteiger partial charge in [-0.05, 0) is 25.8 Å². The van der Waals surface area contributed by atoms with Crippen molar-refractivity contribution in [2.24, 2.45) is 13.0 Å². The summed E-state index contributed by atoms with van der Waals surface area (Å²) in [6.45, 7) is 4.52. The van der Waals surface area contributed by atoms with Gasteiger partial charge in [0.25, 0.3) is 0 Å². The summed E-state index contributed by atoms with van der Waals surface area (Å²) in [6.07, 6.45) is 5.02. The molecule has 15 heavy (non-hydrogen) atoms. The first-order valence-electron chi connectivity index (χ1n) is 5.63. The predicted octanol–water partition coefficient (Wildman–Crippen LogP) is 1.38. The Balaban J connectivity index is 2.43. The van der Waals surface area contributed by atoms with Crippen LogP contribution in [0.1, 0.15) is 32.5 Å². The number of likely N-dealkylation sites (N-methyl/N-ethyl adjacent to an activating group) is 1. The fourth-order valence-corrected chi connectivity index (χ4v) is 1.61. The maximum atomic E-state index is 4.24. The quantitative estimate of drug-likeness (QED) is 0.771. The Hall–Kier alpha value is -0.900. The third-order valence-corrected chi connectivity index (χ3v) is 2.73. The Morgan fingerprint density at radius 2 is 2.13 bits per heavy atom. The SMILES string of the molecule is CNC(CCC(C)C)Cc1ncnn1C. The Bertz CT molecular complexity index is 280. The molecule has 1 rings (SSSR count). The molecule has 4 heteroatoms. The van der Waals surface area contributed by atoms with Crippen LogP contribution in [0.4, 0.5) is 0 Å². The van der Waals surface area contributed by atoms with Crippen LogP contribution in [0.5, 0.6) is 0 Å². The van der Waals surface area contributed by atoms with Crippen molar-refractivity contribution in [1.82, 2.24) is 20.1 Å². The summed E-state index contributed by atoms with van der Waals surface area (Å²) in [5, 5.41) is 7.42. The van der Waals surface area contributed by atoms with E-state index in [4.69, 9.17) is 0 Å². The maximum absolute atomic E-state index is 4.24. The van der Waals surface area contributed by atoms with Crippen molar-refractivity contribution in [3.05, 3.63) is 12.2 Å². The van der Waals surface area contributed by atoms with Gasteiger partial charge >= 0.3 is 0 Å². The maximum Gasteiger partial charge on any atom is 0.138 e. The molecule has 1 N–H and O–H groups in total. The fourth-order valence-electron chi connectivity index (χ4n) is 1.61. The molecule has 0 aliphatic rings. The van der Waals surface area contributed by atoms with Crippen molar-refractivity contribution < 1.29 is 0 Å². The first-order chi connectivity index (χ1) is 7.13. The van der Waals surface area contributed by atoms with E-state index in [1.807, 2.05) is 18.8 Å². The average molecular weight is 210 g/mol. The molecule has 1 aromatic rings. The number of rotatable bonds is 6. The Morgan fingerprint density at radius 3 is 2.60 bits per heavy atom. The van der Waals surface area contributed by atoms with E-state index in [0.717, 1.165) is 18.2 Å². The zero-order chi connectivity index (χ0) is 11.3. The van der Waals surface area contributed by atoms with Gasteiger partial charge < -0.3 is 5.32 Å². The van der Waals surface area contributed by atoms with Crippen molar-refractivity contribution >= 4 is 0 Å². The molecular weight excluding hydrogens is 188 g/mol. The van der Waals surface area contributed by atoms with E-state index in [1.54, 1.807) is 6.33 Å². The molecule has 0 aliphatic heterocycles. The molecule has 0 aliphatic carbocycles. The second-order valence-corrected chi connectivity index (χ2v) is 4.46. The van der Waals surface area contributed by atoms with Crippen molar-refractivity contribution in [2.45, 2.75) is 39.2 Å². The summed E-state index contributed by atoms with van der Waals surface area (Å²) < 4.78 is 1.85.